The third kappa shape index (κ3) is 4.03. The minimum atomic E-state index is -1.73. The maximum Gasteiger partial charge on any atom is 0.267 e. The highest BCUT2D eigenvalue weighted by molar-refractivity contribution is 6.31. The fourth-order valence-corrected chi connectivity index (χ4v) is 2.15. The average Bonchev–Trinajstić information content (AvgIpc) is 2.41. The van der Waals surface area contributed by atoms with Crippen LogP contribution in [-0.2, 0) is 0 Å². The van der Waals surface area contributed by atoms with Crippen LogP contribution >= 0.6 is 11.6 Å². The summed E-state index contributed by atoms with van der Waals surface area (Å²) < 4.78 is 24.0. The summed E-state index contributed by atoms with van der Waals surface area (Å²) in [4.78, 5) is 4.10. The van der Waals surface area contributed by atoms with Gasteiger partial charge in [0.2, 0.25) is 0 Å². The van der Waals surface area contributed by atoms with Crippen molar-refractivity contribution < 1.29 is 8.78 Å². The Balaban J connectivity index is 2.21. The number of hydrogen-bond acceptors (Lipinski definition) is 4. The van der Waals surface area contributed by atoms with Crippen molar-refractivity contribution in [2.75, 3.05) is 6.54 Å². The van der Waals surface area contributed by atoms with Gasteiger partial charge in [0.05, 0.1) is 0 Å². The van der Waals surface area contributed by atoms with Gasteiger partial charge in [-0.3, -0.25) is 5.32 Å². The third-order valence-electron chi connectivity index (χ3n) is 3.01. The molecule has 1 unspecified atom stereocenters. The first-order valence-corrected chi connectivity index (χ1v) is 6.67. The summed E-state index contributed by atoms with van der Waals surface area (Å²) in [6.07, 6.45) is 0.351. The molecule has 0 spiro atoms. The van der Waals surface area contributed by atoms with Crippen molar-refractivity contribution in [1.82, 2.24) is 10.6 Å². The van der Waals surface area contributed by atoms with Crippen molar-refractivity contribution in [3.63, 3.8) is 0 Å². The van der Waals surface area contributed by atoms with Crippen molar-refractivity contribution in [3.8, 4) is 0 Å². The second-order valence-corrected chi connectivity index (χ2v) is 4.89. The van der Waals surface area contributed by atoms with Crippen molar-refractivity contribution in [2.24, 2.45) is 10.7 Å². The van der Waals surface area contributed by atoms with Gasteiger partial charge in [0.25, 0.3) is 6.08 Å². The normalized spacial score (nSPS) is 17.6. The Kier molecular flexibility index (Phi) is 4.93. The molecule has 1 aliphatic rings. The molecule has 112 valence electrons. The minimum Gasteiger partial charge on any atom is -0.370 e. The van der Waals surface area contributed by atoms with Gasteiger partial charge in [-0.25, -0.2) is 4.99 Å². The highest BCUT2D eigenvalue weighted by atomic mass is 35.5. The monoisotopic (exact) mass is 312 g/mol. The summed E-state index contributed by atoms with van der Waals surface area (Å²) in [5.74, 6) is 0.217. The third-order valence-corrected chi connectivity index (χ3v) is 3.42. The molecule has 0 radical (unpaired) electrons. The molecule has 0 aromatic heterocycles. The average molecular weight is 313 g/mol. The fraction of sp³-hybridized carbons (Fsp3) is 0.214. The molecule has 0 amide bonds. The maximum atomic E-state index is 12.0. The number of halogens is 3. The fourth-order valence-electron chi connectivity index (χ4n) is 1.97. The van der Waals surface area contributed by atoms with Crippen LogP contribution in [-0.4, -0.2) is 18.7 Å². The standard InChI is InChI=1S/C14H15ClF2N4/c1-8-9(3-2-4-10(8)15)11-7-13(21-14(18)20-11)19-6-5-12(16)17/h2-5,7,13,19H,6H2,1H3,(H3,18,20,21). The Morgan fingerprint density at radius 3 is 3.00 bits per heavy atom. The van der Waals surface area contributed by atoms with Gasteiger partial charge in [-0.05, 0) is 30.7 Å². The van der Waals surface area contributed by atoms with E-state index in [4.69, 9.17) is 17.3 Å². The summed E-state index contributed by atoms with van der Waals surface area (Å²) >= 11 is 6.10. The minimum absolute atomic E-state index is 0.00207. The van der Waals surface area contributed by atoms with Crippen LogP contribution in [0.25, 0.3) is 5.70 Å². The molecule has 0 saturated carbocycles. The molecule has 1 aliphatic heterocycles. The molecule has 4 nitrogen and oxygen atoms in total. The molecule has 0 bridgehead atoms. The topological polar surface area (TPSA) is 62.4 Å². The first-order chi connectivity index (χ1) is 9.97. The predicted molar refractivity (Wildman–Crippen MR) is 81.0 cm³/mol. The Morgan fingerprint density at radius 2 is 2.29 bits per heavy atom. The molecule has 0 aliphatic carbocycles. The molecule has 0 fully saturated rings. The SMILES string of the molecule is Cc1c(Cl)cccc1C1=CC(NCC=C(F)F)N=C(N)N1. The van der Waals surface area contributed by atoms with Gasteiger partial charge in [-0.2, -0.15) is 8.78 Å². The molecule has 1 aromatic rings. The van der Waals surface area contributed by atoms with Gasteiger partial charge in [-0.15, -0.1) is 0 Å². The second kappa shape index (κ2) is 6.69. The molecule has 21 heavy (non-hydrogen) atoms. The number of nitrogens with two attached hydrogens (primary N) is 1. The van der Waals surface area contributed by atoms with Crippen LogP contribution < -0.4 is 16.4 Å². The number of nitrogens with one attached hydrogen (secondary N) is 2. The predicted octanol–water partition coefficient (Wildman–Crippen LogP) is 2.60. The van der Waals surface area contributed by atoms with Crippen LogP contribution in [0.15, 0.2) is 41.4 Å². The number of aliphatic imine (C=N–C) groups is 1. The van der Waals surface area contributed by atoms with Crippen LogP contribution in [0.2, 0.25) is 5.02 Å². The lowest BCUT2D eigenvalue weighted by atomic mass is 10.0. The van der Waals surface area contributed by atoms with Gasteiger partial charge in [-0.1, -0.05) is 23.7 Å². The molecule has 0 saturated heterocycles. The lowest BCUT2D eigenvalue weighted by Gasteiger charge is -2.22. The van der Waals surface area contributed by atoms with Crippen LogP contribution in [0.3, 0.4) is 0 Å². The Hall–Kier alpha value is -1.92. The van der Waals surface area contributed by atoms with Crippen LogP contribution in [0, 0.1) is 6.92 Å². The van der Waals surface area contributed by atoms with Gasteiger partial charge in [0.15, 0.2) is 5.96 Å². The molecule has 1 heterocycles. The van der Waals surface area contributed by atoms with E-state index < -0.39 is 12.2 Å². The van der Waals surface area contributed by atoms with Gasteiger partial charge in [0, 0.05) is 22.8 Å². The molecule has 7 heteroatoms. The van der Waals surface area contributed by atoms with Crippen LogP contribution in [0.5, 0.6) is 0 Å². The Labute approximate surface area is 126 Å². The molecule has 1 aromatic carbocycles. The summed E-state index contributed by atoms with van der Waals surface area (Å²) in [6, 6.07) is 5.53. The largest absolute Gasteiger partial charge is 0.370 e. The van der Waals surface area contributed by atoms with E-state index in [9.17, 15) is 8.78 Å². The van der Waals surface area contributed by atoms with Gasteiger partial charge >= 0.3 is 0 Å². The molecule has 4 N–H and O–H groups in total. The first kappa shape index (κ1) is 15.5. The lowest BCUT2D eigenvalue weighted by Crippen LogP contribution is -2.40. The van der Waals surface area contributed by atoms with E-state index in [-0.39, 0.29) is 12.5 Å². The summed E-state index contributed by atoms with van der Waals surface area (Å²) in [7, 11) is 0. The van der Waals surface area contributed by atoms with Gasteiger partial charge in [0.1, 0.15) is 6.17 Å². The van der Waals surface area contributed by atoms with Crippen molar-refractivity contribution in [2.45, 2.75) is 13.1 Å². The van der Waals surface area contributed by atoms with E-state index in [1.165, 1.54) is 0 Å². The number of rotatable bonds is 4. The zero-order chi connectivity index (χ0) is 15.4. The number of benzene rings is 1. The molecule has 2 rings (SSSR count). The summed E-state index contributed by atoms with van der Waals surface area (Å²) in [5.41, 5.74) is 8.27. The van der Waals surface area contributed by atoms with Crippen LogP contribution in [0.4, 0.5) is 8.78 Å². The zero-order valence-corrected chi connectivity index (χ0v) is 12.1. The number of nitrogens with zero attached hydrogens (tertiary/aromatic N) is 1. The number of hydrogen-bond donors (Lipinski definition) is 3. The quantitative estimate of drug-likeness (QED) is 0.801. The second-order valence-electron chi connectivity index (χ2n) is 4.48. The maximum absolute atomic E-state index is 12.0. The van der Waals surface area contributed by atoms with Crippen molar-refractivity contribution >= 4 is 23.3 Å². The van der Waals surface area contributed by atoms with E-state index >= 15 is 0 Å². The van der Waals surface area contributed by atoms with E-state index in [1.807, 2.05) is 19.1 Å². The van der Waals surface area contributed by atoms with Crippen molar-refractivity contribution in [1.29, 1.82) is 0 Å². The highest BCUT2D eigenvalue weighted by Crippen LogP contribution is 2.24. The highest BCUT2D eigenvalue weighted by Gasteiger charge is 2.16. The molecule has 1 atom stereocenters. The van der Waals surface area contributed by atoms with Crippen molar-refractivity contribution in [3.05, 3.63) is 52.6 Å². The van der Waals surface area contributed by atoms with E-state index in [1.54, 1.807) is 12.1 Å². The molecular formula is C14H15ClF2N4. The van der Waals surface area contributed by atoms with E-state index in [0.29, 0.717) is 5.02 Å². The first-order valence-electron chi connectivity index (χ1n) is 6.29. The van der Waals surface area contributed by atoms with Crippen LogP contribution in [0.1, 0.15) is 11.1 Å². The van der Waals surface area contributed by atoms with E-state index in [0.717, 1.165) is 22.9 Å². The smallest absolute Gasteiger partial charge is 0.267 e. The summed E-state index contributed by atoms with van der Waals surface area (Å²) in [6.45, 7) is 1.90. The Bertz CT molecular complexity index is 621. The molecular weight excluding hydrogens is 298 g/mol. The number of guanidine groups is 1. The lowest BCUT2D eigenvalue weighted by molar-refractivity contribution is 0.416. The zero-order valence-electron chi connectivity index (χ0n) is 11.3. The summed E-state index contributed by atoms with van der Waals surface area (Å²) in [5, 5.41) is 6.44. The Morgan fingerprint density at radius 1 is 1.52 bits per heavy atom. The van der Waals surface area contributed by atoms with Gasteiger partial charge < -0.3 is 11.1 Å². The van der Waals surface area contributed by atoms with E-state index in [2.05, 4.69) is 15.6 Å².